The van der Waals surface area contributed by atoms with E-state index in [9.17, 15) is 9.50 Å². The van der Waals surface area contributed by atoms with E-state index in [0.717, 1.165) is 18.4 Å². The number of aryl methyl sites for hydroxylation is 1. The largest absolute Gasteiger partial charge is 0.386 e. The maximum atomic E-state index is 13.7. The summed E-state index contributed by atoms with van der Waals surface area (Å²) in [7, 11) is 0. The van der Waals surface area contributed by atoms with Crippen LogP contribution >= 0.6 is 0 Å². The second-order valence-electron chi connectivity index (χ2n) is 4.73. The molecule has 1 aliphatic rings. The molecule has 1 aromatic carbocycles. The molecule has 0 bridgehead atoms. The molecule has 0 saturated heterocycles. The van der Waals surface area contributed by atoms with Crippen molar-refractivity contribution in [2.75, 3.05) is 6.61 Å². The number of aliphatic hydroxyl groups excluding tert-OH is 1. The molecule has 3 heteroatoms. The predicted octanol–water partition coefficient (Wildman–Crippen LogP) is 2.98. The summed E-state index contributed by atoms with van der Waals surface area (Å²) in [5.41, 5.74) is 1.31. The van der Waals surface area contributed by atoms with Crippen molar-refractivity contribution >= 4 is 0 Å². The molecule has 0 radical (unpaired) electrons. The fraction of sp³-hybridized carbons (Fsp3) is 0.571. The van der Waals surface area contributed by atoms with Crippen LogP contribution in [0.25, 0.3) is 0 Å². The highest BCUT2D eigenvalue weighted by Gasteiger charge is 2.38. The first-order valence-electron chi connectivity index (χ1n) is 6.19. The zero-order chi connectivity index (χ0) is 12.4. The summed E-state index contributed by atoms with van der Waals surface area (Å²) in [6.07, 6.45) is 1.00. The lowest BCUT2D eigenvalue weighted by atomic mass is 9.99. The van der Waals surface area contributed by atoms with E-state index in [-0.39, 0.29) is 11.9 Å². The van der Waals surface area contributed by atoms with Gasteiger partial charge in [0.2, 0.25) is 0 Å². The first-order valence-corrected chi connectivity index (χ1v) is 6.19. The average Bonchev–Trinajstić information content (AvgIpc) is 3.12. The normalized spacial score (nSPS) is 19.1. The standard InChI is InChI=1S/C14H19FO2/c1-3-17-14(10-5-6-10)13(16)11-8-9(2)4-7-12(11)15/h4,7-8,10,13-14,16H,3,5-6H2,1-2H3. The summed E-state index contributed by atoms with van der Waals surface area (Å²) in [6.45, 7) is 4.34. The fourth-order valence-corrected chi connectivity index (χ4v) is 2.17. The third-order valence-corrected chi connectivity index (χ3v) is 3.23. The predicted molar refractivity (Wildman–Crippen MR) is 64.2 cm³/mol. The third-order valence-electron chi connectivity index (χ3n) is 3.23. The Hall–Kier alpha value is -0.930. The highest BCUT2D eigenvalue weighted by atomic mass is 19.1. The summed E-state index contributed by atoms with van der Waals surface area (Å²) < 4.78 is 19.2. The van der Waals surface area contributed by atoms with Gasteiger partial charge in [0.05, 0.1) is 6.10 Å². The Morgan fingerprint density at radius 1 is 1.47 bits per heavy atom. The van der Waals surface area contributed by atoms with Crippen LogP contribution in [0, 0.1) is 18.7 Å². The van der Waals surface area contributed by atoms with Gasteiger partial charge in [-0.15, -0.1) is 0 Å². The lowest BCUT2D eigenvalue weighted by Crippen LogP contribution is -2.25. The summed E-state index contributed by atoms with van der Waals surface area (Å²) in [4.78, 5) is 0. The molecule has 2 nitrogen and oxygen atoms in total. The van der Waals surface area contributed by atoms with E-state index in [1.165, 1.54) is 6.07 Å². The van der Waals surface area contributed by atoms with E-state index in [0.29, 0.717) is 18.1 Å². The van der Waals surface area contributed by atoms with Crippen LogP contribution in [0.15, 0.2) is 18.2 Å². The van der Waals surface area contributed by atoms with E-state index in [2.05, 4.69) is 0 Å². The molecule has 0 aliphatic heterocycles. The first kappa shape index (κ1) is 12.5. The van der Waals surface area contributed by atoms with Gasteiger partial charge in [-0.3, -0.25) is 0 Å². The minimum absolute atomic E-state index is 0.267. The number of hydrogen-bond donors (Lipinski definition) is 1. The Morgan fingerprint density at radius 2 is 2.18 bits per heavy atom. The Bertz CT molecular complexity index is 388. The molecular weight excluding hydrogens is 219 g/mol. The van der Waals surface area contributed by atoms with Crippen molar-refractivity contribution in [3.63, 3.8) is 0 Å². The molecule has 1 N–H and O–H groups in total. The zero-order valence-electron chi connectivity index (χ0n) is 10.3. The second-order valence-corrected chi connectivity index (χ2v) is 4.73. The second kappa shape index (κ2) is 5.15. The van der Waals surface area contributed by atoms with Gasteiger partial charge in [-0.25, -0.2) is 4.39 Å². The fourth-order valence-electron chi connectivity index (χ4n) is 2.17. The molecule has 94 valence electrons. The number of benzene rings is 1. The molecule has 2 rings (SSSR count). The number of halogens is 1. The molecule has 2 unspecified atom stereocenters. The molecule has 17 heavy (non-hydrogen) atoms. The van der Waals surface area contributed by atoms with E-state index >= 15 is 0 Å². The van der Waals surface area contributed by atoms with Crippen LogP contribution in [-0.4, -0.2) is 17.8 Å². The van der Waals surface area contributed by atoms with Gasteiger partial charge in [0.15, 0.2) is 0 Å². The number of aliphatic hydroxyl groups is 1. The monoisotopic (exact) mass is 238 g/mol. The van der Waals surface area contributed by atoms with Crippen molar-refractivity contribution in [1.82, 2.24) is 0 Å². The Balaban J connectivity index is 2.21. The third kappa shape index (κ3) is 2.85. The molecule has 1 aromatic rings. The van der Waals surface area contributed by atoms with Crippen molar-refractivity contribution in [3.05, 3.63) is 35.1 Å². The Labute approximate surface area is 101 Å². The first-order chi connectivity index (χ1) is 8.13. The highest BCUT2D eigenvalue weighted by Crippen LogP contribution is 2.40. The van der Waals surface area contributed by atoms with Crippen LogP contribution in [0.1, 0.15) is 37.0 Å². The number of ether oxygens (including phenoxy) is 1. The van der Waals surface area contributed by atoms with Crippen molar-refractivity contribution < 1.29 is 14.2 Å². The van der Waals surface area contributed by atoms with Crippen LogP contribution in [-0.2, 0) is 4.74 Å². The van der Waals surface area contributed by atoms with Gasteiger partial charge in [0.1, 0.15) is 11.9 Å². The van der Waals surface area contributed by atoms with Crippen LogP contribution in [0.2, 0.25) is 0 Å². The minimum Gasteiger partial charge on any atom is -0.386 e. The molecule has 2 atom stereocenters. The lowest BCUT2D eigenvalue weighted by Gasteiger charge is -2.23. The smallest absolute Gasteiger partial charge is 0.129 e. The molecule has 1 aliphatic carbocycles. The van der Waals surface area contributed by atoms with Crippen LogP contribution in [0.4, 0.5) is 4.39 Å². The summed E-state index contributed by atoms with van der Waals surface area (Å²) in [5, 5.41) is 10.3. The van der Waals surface area contributed by atoms with Crippen LogP contribution in [0.3, 0.4) is 0 Å². The van der Waals surface area contributed by atoms with Crippen molar-refractivity contribution in [3.8, 4) is 0 Å². The topological polar surface area (TPSA) is 29.5 Å². The van der Waals surface area contributed by atoms with Gasteiger partial charge in [-0.2, -0.15) is 0 Å². The van der Waals surface area contributed by atoms with E-state index in [1.54, 1.807) is 12.1 Å². The molecular formula is C14H19FO2. The minimum atomic E-state index is -0.859. The molecule has 0 heterocycles. The van der Waals surface area contributed by atoms with E-state index < -0.39 is 6.10 Å². The van der Waals surface area contributed by atoms with Crippen molar-refractivity contribution in [2.24, 2.45) is 5.92 Å². The number of rotatable bonds is 5. The SMILES string of the molecule is CCOC(C1CC1)C(O)c1cc(C)ccc1F. The maximum Gasteiger partial charge on any atom is 0.129 e. The maximum absolute atomic E-state index is 13.7. The Morgan fingerprint density at radius 3 is 2.76 bits per heavy atom. The van der Waals surface area contributed by atoms with Crippen LogP contribution < -0.4 is 0 Å². The molecule has 1 saturated carbocycles. The molecule has 1 fully saturated rings. The van der Waals surface area contributed by atoms with E-state index in [1.807, 2.05) is 13.8 Å². The van der Waals surface area contributed by atoms with Crippen molar-refractivity contribution in [1.29, 1.82) is 0 Å². The molecule has 0 aromatic heterocycles. The van der Waals surface area contributed by atoms with Gasteiger partial charge in [0.25, 0.3) is 0 Å². The lowest BCUT2D eigenvalue weighted by molar-refractivity contribution is -0.0474. The van der Waals surface area contributed by atoms with Crippen molar-refractivity contribution in [2.45, 2.75) is 38.9 Å². The molecule has 0 amide bonds. The quantitative estimate of drug-likeness (QED) is 0.854. The summed E-state index contributed by atoms with van der Waals surface area (Å²) >= 11 is 0. The van der Waals surface area contributed by atoms with Crippen LogP contribution in [0.5, 0.6) is 0 Å². The van der Waals surface area contributed by atoms with Gasteiger partial charge >= 0.3 is 0 Å². The van der Waals surface area contributed by atoms with Gasteiger partial charge in [-0.1, -0.05) is 17.7 Å². The highest BCUT2D eigenvalue weighted by molar-refractivity contribution is 5.27. The summed E-state index contributed by atoms with van der Waals surface area (Å²) in [6, 6.07) is 4.82. The average molecular weight is 238 g/mol. The summed E-state index contributed by atoms with van der Waals surface area (Å²) in [5.74, 6) is 0.0262. The van der Waals surface area contributed by atoms with E-state index in [4.69, 9.17) is 4.74 Å². The molecule has 0 spiro atoms. The van der Waals surface area contributed by atoms with Gasteiger partial charge < -0.3 is 9.84 Å². The zero-order valence-corrected chi connectivity index (χ0v) is 10.3. The van der Waals surface area contributed by atoms with Gasteiger partial charge in [-0.05, 0) is 38.7 Å². The van der Waals surface area contributed by atoms with Gasteiger partial charge in [0, 0.05) is 12.2 Å². The Kier molecular flexibility index (Phi) is 3.79. The number of hydrogen-bond acceptors (Lipinski definition) is 2.